The van der Waals surface area contributed by atoms with E-state index in [2.05, 4.69) is 19.2 Å². The van der Waals surface area contributed by atoms with Gasteiger partial charge in [0.25, 0.3) is 0 Å². The van der Waals surface area contributed by atoms with Gasteiger partial charge in [-0.1, -0.05) is 12.1 Å². The summed E-state index contributed by atoms with van der Waals surface area (Å²) >= 11 is 0. The lowest BCUT2D eigenvalue weighted by Gasteiger charge is -2.37. The summed E-state index contributed by atoms with van der Waals surface area (Å²) in [7, 11) is 0. The summed E-state index contributed by atoms with van der Waals surface area (Å²) in [4.78, 5) is 14.4. The van der Waals surface area contributed by atoms with E-state index < -0.39 is 0 Å². The van der Waals surface area contributed by atoms with E-state index in [1.54, 1.807) is 12.1 Å². The standard InChI is InChI=1S/C15H21FN2O/c1-15(2)11-17-8-3-9-18(15)14(19)10-12-4-6-13(16)7-5-12/h4-7,17H,3,8-11H2,1-2H3. The lowest BCUT2D eigenvalue weighted by Crippen LogP contribution is -2.51. The Hall–Kier alpha value is -1.42. The molecule has 0 aromatic heterocycles. The van der Waals surface area contributed by atoms with Crippen LogP contribution in [0.2, 0.25) is 0 Å². The first-order valence-corrected chi connectivity index (χ1v) is 6.75. The number of hydrogen-bond donors (Lipinski definition) is 1. The Bertz CT molecular complexity index is 442. The third kappa shape index (κ3) is 3.53. The normalized spacial score (nSPS) is 19.0. The number of benzene rings is 1. The van der Waals surface area contributed by atoms with Crippen LogP contribution in [0.5, 0.6) is 0 Å². The summed E-state index contributed by atoms with van der Waals surface area (Å²) < 4.78 is 12.9. The molecule has 0 bridgehead atoms. The van der Waals surface area contributed by atoms with E-state index in [1.807, 2.05) is 4.90 Å². The zero-order valence-corrected chi connectivity index (χ0v) is 11.6. The molecule has 4 heteroatoms. The first-order chi connectivity index (χ1) is 8.99. The first kappa shape index (κ1) is 14.0. The Morgan fingerprint density at radius 2 is 2.05 bits per heavy atom. The van der Waals surface area contributed by atoms with Crippen molar-refractivity contribution < 1.29 is 9.18 Å². The molecule has 1 heterocycles. The molecule has 0 radical (unpaired) electrons. The zero-order chi connectivity index (χ0) is 13.9. The molecule has 3 nitrogen and oxygen atoms in total. The zero-order valence-electron chi connectivity index (χ0n) is 11.6. The van der Waals surface area contributed by atoms with Crippen molar-refractivity contribution in [2.75, 3.05) is 19.6 Å². The maximum absolute atomic E-state index is 12.9. The van der Waals surface area contributed by atoms with E-state index in [9.17, 15) is 9.18 Å². The van der Waals surface area contributed by atoms with E-state index in [-0.39, 0.29) is 17.3 Å². The van der Waals surface area contributed by atoms with Gasteiger partial charge in [0.15, 0.2) is 0 Å². The van der Waals surface area contributed by atoms with Crippen LogP contribution in [0.15, 0.2) is 24.3 Å². The molecule has 19 heavy (non-hydrogen) atoms. The van der Waals surface area contributed by atoms with Gasteiger partial charge >= 0.3 is 0 Å². The van der Waals surface area contributed by atoms with Crippen LogP contribution >= 0.6 is 0 Å². The molecule has 1 N–H and O–H groups in total. The van der Waals surface area contributed by atoms with Crippen molar-refractivity contribution in [2.45, 2.75) is 32.2 Å². The fourth-order valence-electron chi connectivity index (χ4n) is 2.49. The number of carbonyl (C=O) groups is 1. The molecule has 1 aliphatic heterocycles. The Morgan fingerprint density at radius 3 is 2.74 bits per heavy atom. The quantitative estimate of drug-likeness (QED) is 0.885. The second kappa shape index (κ2) is 5.70. The van der Waals surface area contributed by atoms with Gasteiger partial charge in [0.1, 0.15) is 5.82 Å². The van der Waals surface area contributed by atoms with Gasteiger partial charge in [0, 0.05) is 18.6 Å². The summed E-state index contributed by atoms with van der Waals surface area (Å²) in [6.45, 7) is 6.69. The predicted octanol–water partition coefficient (Wildman–Crippen LogP) is 1.97. The third-order valence-electron chi connectivity index (χ3n) is 3.59. The van der Waals surface area contributed by atoms with Crippen LogP contribution in [0.25, 0.3) is 0 Å². The van der Waals surface area contributed by atoms with Crippen LogP contribution in [0, 0.1) is 5.82 Å². The van der Waals surface area contributed by atoms with Crippen LogP contribution in [0.1, 0.15) is 25.8 Å². The lowest BCUT2D eigenvalue weighted by atomic mass is 10.0. The molecule has 1 amide bonds. The summed E-state index contributed by atoms with van der Waals surface area (Å²) in [6.07, 6.45) is 1.31. The van der Waals surface area contributed by atoms with Crippen LogP contribution in [-0.4, -0.2) is 36.0 Å². The molecule has 1 aromatic rings. The highest BCUT2D eigenvalue weighted by Gasteiger charge is 2.31. The SMILES string of the molecule is CC1(C)CNCCCN1C(=O)Cc1ccc(F)cc1. The second-order valence-corrected chi connectivity index (χ2v) is 5.69. The van der Waals surface area contributed by atoms with Crippen molar-refractivity contribution in [2.24, 2.45) is 0 Å². The van der Waals surface area contributed by atoms with Gasteiger partial charge < -0.3 is 10.2 Å². The van der Waals surface area contributed by atoms with Gasteiger partial charge in [-0.2, -0.15) is 0 Å². The molecular formula is C15H21FN2O. The molecule has 0 spiro atoms. The van der Waals surface area contributed by atoms with E-state index in [0.717, 1.165) is 31.6 Å². The van der Waals surface area contributed by atoms with Crippen molar-refractivity contribution in [3.8, 4) is 0 Å². The Labute approximate surface area is 113 Å². The topological polar surface area (TPSA) is 32.3 Å². The maximum atomic E-state index is 12.9. The molecule has 0 aliphatic carbocycles. The minimum absolute atomic E-state index is 0.111. The molecule has 1 saturated heterocycles. The largest absolute Gasteiger partial charge is 0.336 e. The minimum atomic E-state index is -0.268. The van der Waals surface area contributed by atoms with Crippen molar-refractivity contribution in [1.82, 2.24) is 10.2 Å². The number of carbonyl (C=O) groups excluding carboxylic acids is 1. The van der Waals surface area contributed by atoms with Crippen molar-refractivity contribution in [3.63, 3.8) is 0 Å². The molecule has 1 aromatic carbocycles. The molecule has 104 valence electrons. The van der Waals surface area contributed by atoms with E-state index in [0.29, 0.717) is 6.42 Å². The molecule has 0 unspecified atom stereocenters. The highest BCUT2D eigenvalue weighted by atomic mass is 19.1. The monoisotopic (exact) mass is 264 g/mol. The third-order valence-corrected chi connectivity index (χ3v) is 3.59. The van der Waals surface area contributed by atoms with E-state index in [4.69, 9.17) is 0 Å². The summed E-state index contributed by atoms with van der Waals surface area (Å²) in [5.74, 6) is -0.157. The van der Waals surface area contributed by atoms with Crippen LogP contribution in [0.3, 0.4) is 0 Å². The van der Waals surface area contributed by atoms with Crippen LogP contribution < -0.4 is 5.32 Å². The van der Waals surface area contributed by atoms with Gasteiger partial charge in [-0.25, -0.2) is 4.39 Å². The van der Waals surface area contributed by atoms with Crippen molar-refractivity contribution in [1.29, 1.82) is 0 Å². The number of amides is 1. The maximum Gasteiger partial charge on any atom is 0.227 e. The average molecular weight is 264 g/mol. The Kier molecular flexibility index (Phi) is 4.20. The number of halogens is 1. The summed E-state index contributed by atoms with van der Waals surface area (Å²) in [5, 5.41) is 3.35. The van der Waals surface area contributed by atoms with Gasteiger partial charge in [0.2, 0.25) is 5.91 Å². The van der Waals surface area contributed by atoms with Crippen molar-refractivity contribution in [3.05, 3.63) is 35.6 Å². The second-order valence-electron chi connectivity index (χ2n) is 5.69. The molecule has 0 saturated carbocycles. The molecular weight excluding hydrogens is 243 g/mol. The smallest absolute Gasteiger partial charge is 0.227 e. The number of rotatable bonds is 2. The first-order valence-electron chi connectivity index (χ1n) is 6.75. The summed E-state index contributed by atoms with van der Waals surface area (Å²) in [6, 6.07) is 6.15. The van der Waals surface area contributed by atoms with Crippen molar-refractivity contribution >= 4 is 5.91 Å². The molecule has 0 atom stereocenters. The highest BCUT2D eigenvalue weighted by molar-refractivity contribution is 5.79. The van der Waals surface area contributed by atoms with E-state index in [1.165, 1.54) is 12.1 Å². The van der Waals surface area contributed by atoms with Crippen LogP contribution in [-0.2, 0) is 11.2 Å². The fourth-order valence-corrected chi connectivity index (χ4v) is 2.49. The fraction of sp³-hybridized carbons (Fsp3) is 0.533. The van der Waals surface area contributed by atoms with Gasteiger partial charge in [-0.3, -0.25) is 4.79 Å². The van der Waals surface area contributed by atoms with Gasteiger partial charge in [-0.05, 0) is 44.5 Å². The number of nitrogens with one attached hydrogen (secondary N) is 1. The Morgan fingerprint density at radius 1 is 1.37 bits per heavy atom. The highest BCUT2D eigenvalue weighted by Crippen LogP contribution is 2.18. The predicted molar refractivity (Wildman–Crippen MR) is 73.4 cm³/mol. The Balaban J connectivity index is 2.07. The number of nitrogens with zero attached hydrogens (tertiary/aromatic N) is 1. The molecule has 1 fully saturated rings. The minimum Gasteiger partial charge on any atom is -0.336 e. The molecule has 2 rings (SSSR count). The number of hydrogen-bond acceptors (Lipinski definition) is 2. The molecule has 1 aliphatic rings. The summed E-state index contributed by atoms with van der Waals surface area (Å²) in [5.41, 5.74) is 0.688. The van der Waals surface area contributed by atoms with Crippen LogP contribution in [0.4, 0.5) is 4.39 Å². The average Bonchev–Trinajstić information content (AvgIpc) is 2.53. The lowest BCUT2D eigenvalue weighted by molar-refractivity contribution is -0.135. The van der Waals surface area contributed by atoms with E-state index >= 15 is 0 Å². The van der Waals surface area contributed by atoms with Gasteiger partial charge in [-0.15, -0.1) is 0 Å². The van der Waals surface area contributed by atoms with Gasteiger partial charge in [0.05, 0.1) is 6.42 Å².